The lowest BCUT2D eigenvalue weighted by atomic mass is 10.1. The SMILES string of the molecule is Cc1cc(C(=O)NCCCNS(C)(=O)=O)c2c(C)nn(C)c2n1. The number of aromatic nitrogens is 3. The molecule has 0 fully saturated rings. The second-order valence-electron chi connectivity index (χ2n) is 5.49. The molecule has 0 saturated heterocycles. The molecule has 0 aliphatic heterocycles. The van der Waals surface area contributed by atoms with E-state index in [4.69, 9.17) is 0 Å². The maximum absolute atomic E-state index is 12.4. The van der Waals surface area contributed by atoms with Gasteiger partial charge in [0.05, 0.1) is 22.9 Å². The van der Waals surface area contributed by atoms with E-state index in [1.165, 1.54) is 0 Å². The van der Waals surface area contributed by atoms with Crippen LogP contribution in [0, 0.1) is 13.8 Å². The Hall–Kier alpha value is -2.00. The molecule has 0 aliphatic carbocycles. The number of hydrogen-bond donors (Lipinski definition) is 2. The predicted molar refractivity (Wildman–Crippen MR) is 87.8 cm³/mol. The Labute approximate surface area is 135 Å². The van der Waals surface area contributed by atoms with Gasteiger partial charge in [-0.05, 0) is 26.3 Å². The molecule has 8 nitrogen and oxygen atoms in total. The van der Waals surface area contributed by atoms with E-state index in [0.29, 0.717) is 24.2 Å². The number of rotatable bonds is 6. The Bertz CT molecular complexity index is 842. The van der Waals surface area contributed by atoms with Crippen molar-refractivity contribution >= 4 is 27.0 Å². The van der Waals surface area contributed by atoms with E-state index in [-0.39, 0.29) is 12.5 Å². The Morgan fingerprint density at radius 1 is 1.30 bits per heavy atom. The predicted octanol–water partition coefficient (Wildman–Crippen LogP) is 0.254. The molecule has 0 spiro atoms. The second kappa shape index (κ2) is 6.63. The van der Waals surface area contributed by atoms with Crippen LogP contribution < -0.4 is 10.0 Å². The minimum Gasteiger partial charge on any atom is -0.352 e. The maximum atomic E-state index is 12.4. The summed E-state index contributed by atoms with van der Waals surface area (Å²) in [6, 6.07) is 1.74. The smallest absolute Gasteiger partial charge is 0.252 e. The number of sulfonamides is 1. The topological polar surface area (TPSA) is 106 Å². The van der Waals surface area contributed by atoms with E-state index in [1.54, 1.807) is 17.8 Å². The summed E-state index contributed by atoms with van der Waals surface area (Å²) < 4.78 is 26.0. The molecule has 0 atom stereocenters. The van der Waals surface area contributed by atoms with Gasteiger partial charge in [0.2, 0.25) is 10.0 Å². The van der Waals surface area contributed by atoms with Crippen molar-refractivity contribution in [2.24, 2.45) is 7.05 Å². The van der Waals surface area contributed by atoms with Crippen molar-refractivity contribution in [3.05, 3.63) is 23.0 Å². The number of nitrogens with zero attached hydrogens (tertiary/aromatic N) is 3. The molecule has 2 heterocycles. The second-order valence-corrected chi connectivity index (χ2v) is 7.33. The monoisotopic (exact) mass is 339 g/mol. The van der Waals surface area contributed by atoms with Gasteiger partial charge >= 0.3 is 0 Å². The third-order valence-electron chi connectivity index (χ3n) is 3.34. The van der Waals surface area contributed by atoms with E-state index in [9.17, 15) is 13.2 Å². The van der Waals surface area contributed by atoms with Gasteiger partial charge in [-0.2, -0.15) is 5.10 Å². The molecular weight excluding hydrogens is 318 g/mol. The fraction of sp³-hybridized carbons (Fsp3) is 0.500. The van der Waals surface area contributed by atoms with Crippen LogP contribution in [0.2, 0.25) is 0 Å². The number of amides is 1. The van der Waals surface area contributed by atoms with Gasteiger partial charge in [-0.1, -0.05) is 0 Å². The van der Waals surface area contributed by atoms with Gasteiger partial charge < -0.3 is 5.32 Å². The van der Waals surface area contributed by atoms with Gasteiger partial charge in [0.15, 0.2) is 5.65 Å². The molecule has 2 N–H and O–H groups in total. The fourth-order valence-electron chi connectivity index (χ4n) is 2.39. The maximum Gasteiger partial charge on any atom is 0.252 e. The third-order valence-corrected chi connectivity index (χ3v) is 4.07. The molecule has 126 valence electrons. The molecule has 2 rings (SSSR count). The number of hydrogen-bond acceptors (Lipinski definition) is 5. The van der Waals surface area contributed by atoms with Crippen molar-refractivity contribution < 1.29 is 13.2 Å². The van der Waals surface area contributed by atoms with E-state index in [2.05, 4.69) is 20.1 Å². The lowest BCUT2D eigenvalue weighted by Crippen LogP contribution is -2.29. The molecule has 0 aliphatic rings. The first-order valence-electron chi connectivity index (χ1n) is 7.23. The zero-order valence-electron chi connectivity index (χ0n) is 13.7. The minimum atomic E-state index is -3.20. The van der Waals surface area contributed by atoms with E-state index < -0.39 is 10.0 Å². The van der Waals surface area contributed by atoms with Gasteiger partial charge in [0.1, 0.15) is 0 Å². The molecule has 2 aromatic heterocycles. The molecule has 0 bridgehead atoms. The summed E-state index contributed by atoms with van der Waals surface area (Å²) in [6.45, 7) is 4.33. The molecule has 0 radical (unpaired) electrons. The average Bonchev–Trinajstić information content (AvgIpc) is 2.71. The van der Waals surface area contributed by atoms with Crippen molar-refractivity contribution in [2.75, 3.05) is 19.3 Å². The summed E-state index contributed by atoms with van der Waals surface area (Å²) >= 11 is 0. The lowest BCUT2D eigenvalue weighted by molar-refractivity contribution is 0.0955. The highest BCUT2D eigenvalue weighted by Crippen LogP contribution is 2.21. The van der Waals surface area contributed by atoms with Crippen LogP contribution in [0.15, 0.2) is 6.07 Å². The summed E-state index contributed by atoms with van der Waals surface area (Å²) in [5, 5.41) is 7.85. The average molecular weight is 339 g/mol. The van der Waals surface area contributed by atoms with Crippen LogP contribution in [0.1, 0.15) is 28.2 Å². The van der Waals surface area contributed by atoms with Crippen LogP contribution in [0.3, 0.4) is 0 Å². The van der Waals surface area contributed by atoms with E-state index in [1.807, 2.05) is 13.8 Å². The lowest BCUT2D eigenvalue weighted by Gasteiger charge is -2.08. The summed E-state index contributed by atoms with van der Waals surface area (Å²) in [7, 11) is -1.40. The molecular formula is C14H21N5O3S. The number of carbonyl (C=O) groups is 1. The van der Waals surface area contributed by atoms with Crippen LogP contribution in [0.5, 0.6) is 0 Å². The summed E-state index contributed by atoms with van der Waals surface area (Å²) in [5.74, 6) is -0.212. The minimum absolute atomic E-state index is 0.212. The number of fused-ring (bicyclic) bond motifs is 1. The van der Waals surface area contributed by atoms with E-state index in [0.717, 1.165) is 23.0 Å². The van der Waals surface area contributed by atoms with Gasteiger partial charge in [-0.15, -0.1) is 0 Å². The van der Waals surface area contributed by atoms with Crippen molar-refractivity contribution in [1.29, 1.82) is 0 Å². The standard InChI is InChI=1S/C14H21N5O3S/c1-9-8-11(12-10(2)18-19(3)13(12)17-9)14(20)15-6-5-7-16-23(4,21)22/h8,16H,5-7H2,1-4H3,(H,15,20). The molecule has 23 heavy (non-hydrogen) atoms. The van der Waals surface area contributed by atoms with Crippen LogP contribution in [0.4, 0.5) is 0 Å². The van der Waals surface area contributed by atoms with Gasteiger partial charge in [-0.25, -0.2) is 18.1 Å². The number of carbonyl (C=O) groups excluding carboxylic acids is 1. The van der Waals surface area contributed by atoms with Gasteiger partial charge in [0, 0.05) is 25.8 Å². The third kappa shape index (κ3) is 4.26. The van der Waals surface area contributed by atoms with Crippen molar-refractivity contribution in [3.8, 4) is 0 Å². The van der Waals surface area contributed by atoms with Crippen LogP contribution in [0.25, 0.3) is 11.0 Å². The van der Waals surface area contributed by atoms with Crippen molar-refractivity contribution in [1.82, 2.24) is 24.8 Å². The van der Waals surface area contributed by atoms with E-state index >= 15 is 0 Å². The van der Waals surface area contributed by atoms with Crippen molar-refractivity contribution in [3.63, 3.8) is 0 Å². The van der Waals surface area contributed by atoms with Crippen LogP contribution in [-0.2, 0) is 17.1 Å². The highest BCUT2D eigenvalue weighted by Gasteiger charge is 2.17. The zero-order chi connectivity index (χ0) is 17.2. The summed E-state index contributed by atoms with van der Waals surface area (Å²) in [5.41, 5.74) is 2.70. The molecule has 0 saturated carbocycles. The molecule has 0 unspecified atom stereocenters. The zero-order valence-corrected chi connectivity index (χ0v) is 14.5. The molecule has 9 heteroatoms. The Morgan fingerprint density at radius 3 is 2.65 bits per heavy atom. The molecule has 2 aromatic rings. The quantitative estimate of drug-likeness (QED) is 0.734. The largest absolute Gasteiger partial charge is 0.352 e. The van der Waals surface area contributed by atoms with Crippen molar-refractivity contribution in [2.45, 2.75) is 20.3 Å². The number of nitrogens with one attached hydrogen (secondary N) is 2. The fourth-order valence-corrected chi connectivity index (χ4v) is 2.91. The first-order valence-corrected chi connectivity index (χ1v) is 9.12. The van der Waals surface area contributed by atoms with Crippen LogP contribution in [-0.4, -0.2) is 48.4 Å². The normalized spacial score (nSPS) is 11.8. The highest BCUT2D eigenvalue weighted by molar-refractivity contribution is 7.88. The Balaban J connectivity index is 2.09. The first-order chi connectivity index (χ1) is 10.7. The summed E-state index contributed by atoms with van der Waals surface area (Å²) in [6.07, 6.45) is 1.62. The van der Waals surface area contributed by atoms with Gasteiger partial charge in [0.25, 0.3) is 5.91 Å². The van der Waals surface area contributed by atoms with Gasteiger partial charge in [-0.3, -0.25) is 9.48 Å². The molecule has 0 aromatic carbocycles. The first kappa shape index (κ1) is 17.4. The van der Waals surface area contributed by atoms with Crippen LogP contribution >= 0.6 is 0 Å². The number of pyridine rings is 1. The summed E-state index contributed by atoms with van der Waals surface area (Å²) in [4.78, 5) is 16.8. The number of aryl methyl sites for hydroxylation is 3. The Morgan fingerprint density at radius 2 is 2.00 bits per heavy atom. The highest BCUT2D eigenvalue weighted by atomic mass is 32.2. The molecule has 1 amide bonds. The Kier molecular flexibility index (Phi) is 5.00.